The number of hydrogen-bond acceptors (Lipinski definition) is 7. The highest BCUT2D eigenvalue weighted by atomic mass is 35.5. The van der Waals surface area contributed by atoms with Crippen molar-refractivity contribution in [3.8, 4) is 0 Å². The minimum atomic E-state index is -3.88. The lowest BCUT2D eigenvalue weighted by atomic mass is 10.1. The smallest absolute Gasteiger partial charge is 0.337 e. The molecular weight excluding hydrogens is 460 g/mol. The summed E-state index contributed by atoms with van der Waals surface area (Å²) in [5.74, 6) is -2.16. The molecule has 2 aromatic carbocycles. The summed E-state index contributed by atoms with van der Waals surface area (Å²) in [6.07, 6.45) is 0.977. The molecule has 9 nitrogen and oxygen atoms in total. The fraction of sp³-hybridized carbons (Fsp3) is 0.286. The Morgan fingerprint density at radius 2 is 1.53 bits per heavy atom. The van der Waals surface area contributed by atoms with E-state index in [2.05, 4.69) is 14.8 Å². The maximum absolute atomic E-state index is 13.0. The number of nitrogens with one attached hydrogen (secondary N) is 1. The number of esters is 2. The molecule has 1 amide bonds. The van der Waals surface area contributed by atoms with Gasteiger partial charge in [-0.1, -0.05) is 17.7 Å². The summed E-state index contributed by atoms with van der Waals surface area (Å²) in [4.78, 5) is 36.9. The number of carbonyl (C=O) groups is 3. The van der Waals surface area contributed by atoms with Gasteiger partial charge in [-0.15, -0.1) is 0 Å². The monoisotopic (exact) mass is 482 g/mol. The molecule has 1 atom stereocenters. The lowest BCUT2D eigenvalue weighted by Crippen LogP contribution is -2.45. The van der Waals surface area contributed by atoms with Gasteiger partial charge in [0.15, 0.2) is 0 Å². The van der Waals surface area contributed by atoms with Gasteiger partial charge in [0.2, 0.25) is 15.9 Å². The van der Waals surface area contributed by atoms with E-state index in [1.54, 1.807) is 19.1 Å². The van der Waals surface area contributed by atoms with E-state index in [1.807, 2.05) is 0 Å². The van der Waals surface area contributed by atoms with Gasteiger partial charge in [0.05, 0.1) is 37.3 Å². The van der Waals surface area contributed by atoms with Crippen molar-refractivity contribution in [3.63, 3.8) is 0 Å². The number of methoxy groups -OCH3 is 2. The summed E-state index contributed by atoms with van der Waals surface area (Å²) in [7, 11) is -1.54. The number of hydrogen-bond donors (Lipinski definition) is 1. The van der Waals surface area contributed by atoms with Crippen molar-refractivity contribution < 1.29 is 32.3 Å². The fourth-order valence-electron chi connectivity index (χ4n) is 3.02. The zero-order valence-corrected chi connectivity index (χ0v) is 19.7. The first-order valence-corrected chi connectivity index (χ1v) is 11.5. The molecule has 0 aromatic heterocycles. The number of carbonyl (C=O) groups excluding carboxylic acids is 3. The molecule has 0 heterocycles. The van der Waals surface area contributed by atoms with E-state index in [1.165, 1.54) is 45.4 Å². The van der Waals surface area contributed by atoms with Crippen LogP contribution in [0.4, 0.5) is 11.4 Å². The molecule has 0 saturated heterocycles. The van der Waals surface area contributed by atoms with Gasteiger partial charge < -0.3 is 14.8 Å². The molecule has 0 aliphatic rings. The Labute approximate surface area is 191 Å². The minimum absolute atomic E-state index is 0.00371. The number of rotatable bonds is 7. The summed E-state index contributed by atoms with van der Waals surface area (Å²) < 4.78 is 35.4. The number of aryl methyl sites for hydroxylation is 1. The predicted molar refractivity (Wildman–Crippen MR) is 121 cm³/mol. The van der Waals surface area contributed by atoms with Crippen LogP contribution in [0.5, 0.6) is 0 Å². The average Bonchev–Trinajstić information content (AvgIpc) is 2.73. The summed E-state index contributed by atoms with van der Waals surface area (Å²) in [5, 5.41) is 2.85. The van der Waals surface area contributed by atoms with Gasteiger partial charge in [-0.25, -0.2) is 18.0 Å². The van der Waals surface area contributed by atoms with Crippen LogP contribution in [0, 0.1) is 6.92 Å². The first-order chi connectivity index (χ1) is 14.9. The Bertz CT molecular complexity index is 1130. The van der Waals surface area contributed by atoms with E-state index < -0.39 is 33.9 Å². The highest BCUT2D eigenvalue weighted by Gasteiger charge is 2.30. The van der Waals surface area contributed by atoms with E-state index in [9.17, 15) is 22.8 Å². The minimum Gasteiger partial charge on any atom is -0.465 e. The van der Waals surface area contributed by atoms with Crippen molar-refractivity contribution in [1.29, 1.82) is 0 Å². The number of benzene rings is 2. The number of sulfonamides is 1. The van der Waals surface area contributed by atoms with Crippen LogP contribution in [0.3, 0.4) is 0 Å². The maximum atomic E-state index is 13.0. The van der Waals surface area contributed by atoms with E-state index in [0.717, 1.165) is 10.6 Å². The number of nitrogens with zero attached hydrogens (tertiary/aromatic N) is 1. The molecule has 0 spiro atoms. The SMILES string of the molecule is COC(=O)c1cc(NC(=O)[C@@H](C)N(c2cc(Cl)ccc2C)S(C)(=O)=O)cc(C(=O)OC)c1. The fourth-order valence-corrected chi connectivity index (χ4v) is 4.41. The lowest BCUT2D eigenvalue weighted by Gasteiger charge is -2.29. The average molecular weight is 483 g/mol. The van der Waals surface area contributed by atoms with Gasteiger partial charge in [0.1, 0.15) is 6.04 Å². The quantitative estimate of drug-likeness (QED) is 0.602. The molecule has 0 saturated carbocycles. The van der Waals surface area contributed by atoms with Gasteiger partial charge in [-0.3, -0.25) is 9.10 Å². The Morgan fingerprint density at radius 1 is 1.00 bits per heavy atom. The predicted octanol–water partition coefficient (Wildman–Crippen LogP) is 3.01. The molecule has 0 aliphatic heterocycles. The van der Waals surface area contributed by atoms with Crippen molar-refractivity contribution in [1.82, 2.24) is 0 Å². The standard InChI is InChI=1S/C21H23ClN2O7S/c1-12-6-7-16(22)11-18(12)24(32(5,28)29)13(2)19(25)23-17-9-14(20(26)30-3)8-15(10-17)21(27)31-4/h6-11,13H,1-5H3,(H,23,25)/t13-/m1/s1. The molecule has 172 valence electrons. The van der Waals surface area contributed by atoms with Gasteiger partial charge in [0, 0.05) is 10.7 Å². The van der Waals surface area contributed by atoms with Crippen molar-refractivity contribution in [2.75, 3.05) is 30.1 Å². The number of anilines is 2. The molecule has 32 heavy (non-hydrogen) atoms. The summed E-state index contributed by atoms with van der Waals surface area (Å²) in [6, 6.07) is 7.38. The lowest BCUT2D eigenvalue weighted by molar-refractivity contribution is -0.116. The second-order valence-electron chi connectivity index (χ2n) is 6.94. The van der Waals surface area contributed by atoms with E-state index in [4.69, 9.17) is 11.6 Å². The van der Waals surface area contributed by atoms with Crippen molar-refractivity contribution >= 4 is 50.8 Å². The molecule has 2 aromatic rings. The molecule has 1 N–H and O–H groups in total. The molecule has 11 heteroatoms. The summed E-state index contributed by atoms with van der Waals surface area (Å²) >= 11 is 6.04. The summed E-state index contributed by atoms with van der Waals surface area (Å²) in [5.41, 5.74) is 0.941. The van der Waals surface area contributed by atoms with E-state index in [0.29, 0.717) is 10.6 Å². The Hall–Kier alpha value is -3.11. The summed E-state index contributed by atoms with van der Waals surface area (Å²) in [6.45, 7) is 3.10. The van der Waals surface area contributed by atoms with Gasteiger partial charge >= 0.3 is 11.9 Å². The molecule has 2 rings (SSSR count). The normalized spacial score (nSPS) is 11.9. The Morgan fingerprint density at radius 3 is 2.00 bits per heavy atom. The first-order valence-electron chi connectivity index (χ1n) is 9.27. The van der Waals surface area contributed by atoms with Crippen LogP contribution in [-0.4, -0.2) is 52.8 Å². The van der Waals surface area contributed by atoms with Crippen LogP contribution in [0.25, 0.3) is 0 Å². The maximum Gasteiger partial charge on any atom is 0.337 e. The van der Waals surface area contributed by atoms with Gasteiger partial charge in [-0.05, 0) is 49.7 Å². The number of halogens is 1. The van der Waals surface area contributed by atoms with Gasteiger partial charge in [0.25, 0.3) is 0 Å². The van der Waals surface area contributed by atoms with Crippen LogP contribution >= 0.6 is 11.6 Å². The van der Waals surface area contributed by atoms with E-state index in [-0.39, 0.29) is 22.5 Å². The Balaban J connectivity index is 2.46. The molecule has 0 unspecified atom stereocenters. The first kappa shape index (κ1) is 25.2. The van der Waals surface area contributed by atoms with Crippen molar-refractivity contribution in [3.05, 3.63) is 58.1 Å². The largest absolute Gasteiger partial charge is 0.465 e. The Kier molecular flexibility index (Phi) is 7.87. The number of amides is 1. The molecule has 0 bridgehead atoms. The third-order valence-corrected chi connectivity index (χ3v) is 6.00. The molecular formula is C21H23ClN2O7S. The number of ether oxygens (including phenoxy) is 2. The van der Waals surface area contributed by atoms with Crippen molar-refractivity contribution in [2.45, 2.75) is 19.9 Å². The highest BCUT2D eigenvalue weighted by molar-refractivity contribution is 7.92. The van der Waals surface area contributed by atoms with Crippen LogP contribution in [0.2, 0.25) is 5.02 Å². The third-order valence-electron chi connectivity index (χ3n) is 4.54. The highest BCUT2D eigenvalue weighted by Crippen LogP contribution is 2.29. The van der Waals surface area contributed by atoms with Gasteiger partial charge in [-0.2, -0.15) is 0 Å². The second kappa shape index (κ2) is 10.0. The van der Waals surface area contributed by atoms with Crippen LogP contribution in [0.1, 0.15) is 33.2 Å². The van der Waals surface area contributed by atoms with Crippen LogP contribution < -0.4 is 9.62 Å². The second-order valence-corrected chi connectivity index (χ2v) is 9.23. The van der Waals surface area contributed by atoms with Crippen molar-refractivity contribution in [2.24, 2.45) is 0 Å². The zero-order chi connectivity index (χ0) is 24.2. The third kappa shape index (κ3) is 5.77. The zero-order valence-electron chi connectivity index (χ0n) is 18.1. The van der Waals surface area contributed by atoms with Crippen LogP contribution in [0.15, 0.2) is 36.4 Å². The molecule has 0 radical (unpaired) electrons. The topological polar surface area (TPSA) is 119 Å². The molecule has 0 fully saturated rings. The molecule has 0 aliphatic carbocycles. The van der Waals surface area contributed by atoms with E-state index >= 15 is 0 Å². The van der Waals surface area contributed by atoms with Crippen LogP contribution in [-0.2, 0) is 24.3 Å².